The van der Waals surface area contributed by atoms with Crippen LogP contribution in [0, 0.1) is 25.7 Å². The number of carbonyl (C=O) groups excluding carboxylic acids is 5. The number of piperidine rings is 1. The third-order valence-electron chi connectivity index (χ3n) is 16.2. The monoisotopic (exact) mass is 1520 g/mol. The van der Waals surface area contributed by atoms with E-state index in [0.717, 1.165) is 91.5 Å². The lowest BCUT2D eigenvalue weighted by molar-refractivity contribution is 0.0819. The molecule has 0 unspecified atom stereocenters. The first-order chi connectivity index (χ1) is 49.9. The molecule has 1 saturated heterocycles. The number of carbonyl (C=O) groups is 5. The second-order valence-corrected chi connectivity index (χ2v) is 30.4. The summed E-state index contributed by atoms with van der Waals surface area (Å²) < 4.78 is 6.05. The fraction of sp³-hybridized carbons (Fsp3) is 0.148. The number of rotatable bonds is 18. The van der Waals surface area contributed by atoms with Crippen LogP contribution in [0.25, 0.3) is 23.0 Å². The average molecular weight is 1520 g/mol. The van der Waals surface area contributed by atoms with Crippen molar-refractivity contribution in [3.63, 3.8) is 0 Å². The van der Waals surface area contributed by atoms with Gasteiger partial charge in [-0.15, -0.1) is 45.3 Å². The van der Waals surface area contributed by atoms with Gasteiger partial charge in [-0.25, -0.2) is 0 Å². The predicted molar refractivity (Wildman–Crippen MR) is 434 cm³/mol. The Morgan fingerprint density at radius 1 is 0.471 bits per heavy atom. The number of aliphatic hydroxyl groups excluding tert-OH is 4. The summed E-state index contributed by atoms with van der Waals surface area (Å²) in [6.45, 7) is 23.3. The molecule has 11 nitrogen and oxygen atoms in total. The van der Waals surface area contributed by atoms with E-state index in [-0.39, 0.29) is 40.4 Å². The Bertz CT molecular complexity index is 4890. The van der Waals surface area contributed by atoms with Crippen LogP contribution in [0.3, 0.4) is 0 Å². The van der Waals surface area contributed by atoms with Gasteiger partial charge in [0.15, 0.2) is 11.6 Å². The Labute approximate surface area is 633 Å². The van der Waals surface area contributed by atoms with E-state index in [1.807, 2.05) is 139 Å². The molecule has 1 fully saturated rings. The number of aliphatic hydroxyl groups is 4. The number of hydrogen-bond donors (Lipinski definition) is 4. The fourth-order valence-electron chi connectivity index (χ4n) is 10.4. The first-order valence-corrected chi connectivity index (χ1v) is 37.4. The molecule has 2 aliphatic rings. The van der Waals surface area contributed by atoms with Crippen molar-refractivity contribution in [2.24, 2.45) is 0 Å². The molecule has 4 N–H and O–H groups in total. The number of ketones is 5. The number of hydrogen-bond acceptors (Lipinski definition) is 15. The summed E-state index contributed by atoms with van der Waals surface area (Å²) in [7, 11) is 0. The van der Waals surface area contributed by atoms with Crippen LogP contribution in [0.15, 0.2) is 271 Å². The van der Waals surface area contributed by atoms with Gasteiger partial charge in [-0.05, 0) is 165 Å². The Morgan fingerprint density at radius 3 is 1.41 bits per heavy atom. The van der Waals surface area contributed by atoms with Gasteiger partial charge in [0.2, 0.25) is 17.3 Å². The van der Waals surface area contributed by atoms with Crippen LogP contribution in [-0.4, -0.2) is 62.4 Å². The minimum Gasteiger partial charge on any atom is -0.508 e. The van der Waals surface area contributed by atoms with Crippen molar-refractivity contribution in [3.05, 3.63) is 368 Å². The highest BCUT2D eigenvalue weighted by Gasteiger charge is 2.21. The Kier molecular flexibility index (Phi) is 30.1. The van der Waals surface area contributed by atoms with Crippen LogP contribution >= 0.6 is 61.3 Å². The number of thiophene rings is 4. The van der Waals surface area contributed by atoms with Gasteiger partial charge in [-0.3, -0.25) is 24.0 Å². The molecule has 0 saturated carbocycles. The van der Waals surface area contributed by atoms with Crippen molar-refractivity contribution in [1.82, 2.24) is 0 Å². The lowest BCUT2D eigenvalue weighted by Crippen LogP contribution is -2.28. The molecular formula is C88H80BrNO10S4. The second kappa shape index (κ2) is 39.6. The first kappa shape index (κ1) is 78.9. The molecule has 6 heterocycles. The van der Waals surface area contributed by atoms with E-state index >= 15 is 0 Å². The molecule has 16 heteroatoms. The molecular weight excluding hydrogens is 1440 g/mol. The molecule has 11 aromatic rings. The highest BCUT2D eigenvalue weighted by Crippen LogP contribution is 2.31. The molecule has 0 radical (unpaired) electrons. The minimum atomic E-state index is -0.565. The number of Topliss-reactive ketones (excluding diaryl/α,β-unsaturated/α-hetero) is 4. The van der Waals surface area contributed by atoms with E-state index in [0.29, 0.717) is 27.1 Å². The van der Waals surface area contributed by atoms with Gasteiger partial charge in [0.25, 0.3) is 0 Å². The molecule has 0 amide bonds. The van der Waals surface area contributed by atoms with Gasteiger partial charge < -0.3 is 29.7 Å². The van der Waals surface area contributed by atoms with Crippen molar-refractivity contribution in [1.29, 1.82) is 0 Å². The lowest BCUT2D eigenvalue weighted by atomic mass is 10.0. The van der Waals surface area contributed by atoms with Crippen molar-refractivity contribution in [3.8, 4) is 11.8 Å². The maximum absolute atomic E-state index is 12.5. The number of aryl methyl sites for hydroxylation is 2. The number of furan rings is 1. The standard InChI is InChI=1S/C18H19NO2S.C15H12OS.C14H9BrO3S.C14H14OS.C14H14O.C13H12O2/c1-13(20)14-5-7-15(8-6-14)18(21)16-9-10-17(22-16)19-11-3-2-4-12-19;1-11-3-9-15(17-11)10-6-13-4-7-14(8-5-13)12(2)16;1-8(16)9-2-4-10(5-3-9)13(17)14(18)11-6-7-12(15)19-11;1-10-3-8-14(16-10)9-12-4-6-13(7-5-12)11(2)15;1-11(15)14-8-6-13(7-9-14)10-12-4-2-3-5-12;1-10(14)12-6-4-11(5-7-12)9-13-3-2-8-15-13/h5-10,20H,1-4,11-12H2;3-5,7-9H,1-2H3;2-7H,1H3;3-8,15H,2,9H2,1H3;2-4,6-9,15H,1,5,10H2;2-8,14H,1,9H2. The summed E-state index contributed by atoms with van der Waals surface area (Å²) in [6.07, 6.45) is 15.6. The van der Waals surface area contributed by atoms with Gasteiger partial charge >= 0.3 is 0 Å². The topological polar surface area (TPSA) is 183 Å². The minimum absolute atomic E-state index is 0.0162. The Balaban J connectivity index is 0.000000159. The Hall–Kier alpha value is -10.8. The molecule has 0 atom stereocenters. The summed E-state index contributed by atoms with van der Waals surface area (Å²) in [4.78, 5) is 67.3. The smallest absolute Gasteiger partial charge is 0.243 e. The zero-order chi connectivity index (χ0) is 74.7. The lowest BCUT2D eigenvalue weighted by Gasteiger charge is -2.27. The summed E-state index contributed by atoms with van der Waals surface area (Å²) in [6, 6.07) is 63.3. The maximum Gasteiger partial charge on any atom is 0.243 e. The highest BCUT2D eigenvalue weighted by molar-refractivity contribution is 9.11. The SMILES string of the molecule is C=C(O)c1ccc(C(=O)c2ccc(N3CCCCC3)s2)cc1.C=C(O)c1ccc(CC2=CC=CC2)cc1.C=C(O)c1ccc(Cc2ccc(C)s2)cc1.C=C(O)c1ccc(Cc2ccco2)cc1.CC(=O)c1ccc(C#Cc2ccc(C)s2)cc1.CC(=O)c1ccc(C(=O)C(=O)c2ccc(Br)s2)cc1. The van der Waals surface area contributed by atoms with Crippen molar-refractivity contribution >= 4 is 118 Å². The van der Waals surface area contributed by atoms with Crippen LogP contribution < -0.4 is 4.90 Å². The van der Waals surface area contributed by atoms with E-state index in [9.17, 15) is 39.3 Å². The van der Waals surface area contributed by atoms with Crippen molar-refractivity contribution in [2.75, 3.05) is 18.0 Å². The van der Waals surface area contributed by atoms with E-state index in [2.05, 4.69) is 109 Å². The maximum atomic E-state index is 12.5. The normalized spacial score (nSPS) is 11.6. The molecule has 528 valence electrons. The van der Waals surface area contributed by atoms with Crippen LogP contribution in [0.1, 0.15) is 165 Å². The molecule has 5 aromatic heterocycles. The number of benzene rings is 6. The number of nitrogens with zero attached hydrogens (tertiary/aromatic N) is 1. The highest BCUT2D eigenvalue weighted by atomic mass is 79.9. The fourth-order valence-corrected chi connectivity index (χ4v) is 14.4. The van der Waals surface area contributed by atoms with E-state index in [1.54, 1.807) is 84.4 Å². The molecule has 1 aliphatic carbocycles. The van der Waals surface area contributed by atoms with Crippen LogP contribution in [0.5, 0.6) is 0 Å². The molecule has 0 bridgehead atoms. The molecule has 6 aromatic carbocycles. The predicted octanol–water partition coefficient (Wildman–Crippen LogP) is 23.2. The van der Waals surface area contributed by atoms with Gasteiger partial charge in [0.05, 0.1) is 29.7 Å². The summed E-state index contributed by atoms with van der Waals surface area (Å²) in [5.74, 6) is 6.44. The first-order valence-electron chi connectivity index (χ1n) is 33.3. The number of allylic oxidation sites excluding steroid dienone is 4. The number of anilines is 1. The average Bonchev–Trinajstić information content (AvgIpc) is 1.77. The van der Waals surface area contributed by atoms with E-state index in [1.165, 1.54) is 86.0 Å². The molecule has 104 heavy (non-hydrogen) atoms. The molecule has 13 rings (SSSR count). The van der Waals surface area contributed by atoms with Gasteiger partial charge in [-0.2, -0.15) is 0 Å². The van der Waals surface area contributed by atoms with Crippen molar-refractivity contribution in [2.45, 2.75) is 72.6 Å². The van der Waals surface area contributed by atoms with Crippen LogP contribution in [-0.2, 0) is 19.3 Å². The van der Waals surface area contributed by atoms with Crippen molar-refractivity contribution < 1.29 is 48.8 Å². The third kappa shape index (κ3) is 25.0. The van der Waals surface area contributed by atoms with Crippen LogP contribution in [0.2, 0.25) is 0 Å². The quantitative estimate of drug-likeness (QED) is 0.0278. The van der Waals surface area contributed by atoms with Gasteiger partial charge in [-0.1, -0.05) is 195 Å². The third-order valence-corrected chi connectivity index (χ3v) is 20.8. The second-order valence-electron chi connectivity index (χ2n) is 24.2. The van der Waals surface area contributed by atoms with Gasteiger partial charge in [0.1, 0.15) is 28.8 Å². The largest absolute Gasteiger partial charge is 0.508 e. The Morgan fingerprint density at radius 2 is 0.952 bits per heavy atom. The summed E-state index contributed by atoms with van der Waals surface area (Å²) >= 11 is 9.54. The summed E-state index contributed by atoms with van der Waals surface area (Å²) in [5, 5.41) is 38.1. The molecule has 0 spiro atoms. The number of halogens is 1. The zero-order valence-corrected chi connectivity index (χ0v) is 63.2. The zero-order valence-electron chi connectivity index (χ0n) is 58.3. The van der Waals surface area contributed by atoms with E-state index < -0.39 is 11.6 Å². The van der Waals surface area contributed by atoms with Gasteiger partial charge in [0, 0.05) is 90.6 Å². The van der Waals surface area contributed by atoms with Crippen LogP contribution in [0.4, 0.5) is 5.00 Å². The summed E-state index contributed by atoms with van der Waals surface area (Å²) in [5.41, 5.74) is 11.2. The molecule has 1 aliphatic heterocycles. The van der Waals surface area contributed by atoms with E-state index in [4.69, 9.17) is 9.52 Å².